The van der Waals surface area contributed by atoms with E-state index in [0.717, 1.165) is 18.4 Å². The molecule has 0 heterocycles. The molecule has 5 heteroatoms. The number of nitrogens with zero attached hydrogens (tertiary/aromatic N) is 1. The van der Waals surface area contributed by atoms with E-state index in [1.807, 2.05) is 0 Å². The molecule has 0 aromatic heterocycles. The molecule has 1 amide bonds. The molecule has 0 aliphatic rings. The SMILES string of the molecule is CCCCCCCCC(=O)NN=Cc1ccc(Cl)c(Cl)c1. The standard InChI is InChI=1S/C16H22Cl2N2O/c1-2-3-4-5-6-7-8-16(21)20-19-12-13-9-10-14(17)15(18)11-13/h9-12H,2-8H2,1H3,(H,20,21). The molecule has 0 aliphatic carbocycles. The second kappa shape index (κ2) is 10.6. The summed E-state index contributed by atoms with van der Waals surface area (Å²) in [4.78, 5) is 11.6. The molecule has 0 spiro atoms. The van der Waals surface area contributed by atoms with Gasteiger partial charge in [-0.15, -0.1) is 0 Å². The molecule has 21 heavy (non-hydrogen) atoms. The van der Waals surface area contributed by atoms with E-state index in [2.05, 4.69) is 17.5 Å². The number of halogens is 2. The fourth-order valence-corrected chi connectivity index (χ4v) is 2.20. The smallest absolute Gasteiger partial charge is 0.240 e. The van der Waals surface area contributed by atoms with Gasteiger partial charge < -0.3 is 0 Å². The molecule has 116 valence electrons. The van der Waals surface area contributed by atoms with Crippen LogP contribution in [0.1, 0.15) is 57.4 Å². The van der Waals surface area contributed by atoms with Crippen molar-refractivity contribution in [2.75, 3.05) is 0 Å². The van der Waals surface area contributed by atoms with Gasteiger partial charge in [-0.3, -0.25) is 4.79 Å². The first kappa shape index (κ1) is 18.0. The quantitative estimate of drug-likeness (QED) is 0.378. The monoisotopic (exact) mass is 328 g/mol. The molecule has 0 unspecified atom stereocenters. The number of hydrogen-bond acceptors (Lipinski definition) is 2. The van der Waals surface area contributed by atoms with Gasteiger partial charge in [0, 0.05) is 6.42 Å². The third kappa shape index (κ3) is 8.08. The van der Waals surface area contributed by atoms with E-state index in [4.69, 9.17) is 23.2 Å². The minimum Gasteiger partial charge on any atom is -0.273 e. The Bertz CT molecular complexity index is 475. The number of hydrazone groups is 1. The van der Waals surface area contributed by atoms with Gasteiger partial charge in [0.2, 0.25) is 5.91 Å². The van der Waals surface area contributed by atoms with Crippen molar-refractivity contribution in [1.82, 2.24) is 5.43 Å². The zero-order chi connectivity index (χ0) is 15.5. The van der Waals surface area contributed by atoms with Crippen molar-refractivity contribution in [3.63, 3.8) is 0 Å². The second-order valence-electron chi connectivity index (χ2n) is 4.98. The second-order valence-corrected chi connectivity index (χ2v) is 5.80. The molecular formula is C16H22Cl2N2O. The van der Waals surface area contributed by atoms with E-state index in [1.165, 1.54) is 25.7 Å². The molecule has 3 nitrogen and oxygen atoms in total. The Balaban J connectivity index is 2.20. The van der Waals surface area contributed by atoms with Crippen LogP contribution in [-0.2, 0) is 4.79 Å². The van der Waals surface area contributed by atoms with E-state index < -0.39 is 0 Å². The van der Waals surface area contributed by atoms with Crippen LogP contribution in [0.25, 0.3) is 0 Å². The number of rotatable bonds is 9. The summed E-state index contributed by atoms with van der Waals surface area (Å²) in [5.41, 5.74) is 3.32. The van der Waals surface area contributed by atoms with Crippen molar-refractivity contribution < 1.29 is 4.79 Å². The Kier molecular flexibility index (Phi) is 9.11. The highest BCUT2D eigenvalue weighted by atomic mass is 35.5. The van der Waals surface area contributed by atoms with E-state index in [-0.39, 0.29) is 5.91 Å². The molecule has 0 saturated carbocycles. The van der Waals surface area contributed by atoms with E-state index in [9.17, 15) is 4.79 Å². The Hall–Kier alpha value is -1.06. The Labute approximate surface area is 136 Å². The lowest BCUT2D eigenvalue weighted by atomic mass is 10.1. The molecule has 0 radical (unpaired) electrons. The summed E-state index contributed by atoms with van der Waals surface area (Å²) in [5.74, 6) is -0.0539. The first-order valence-electron chi connectivity index (χ1n) is 7.40. The van der Waals surface area contributed by atoms with Crippen molar-refractivity contribution in [2.24, 2.45) is 5.10 Å². The van der Waals surface area contributed by atoms with E-state index in [0.29, 0.717) is 16.5 Å². The van der Waals surface area contributed by atoms with Crippen LogP contribution in [0.3, 0.4) is 0 Å². The van der Waals surface area contributed by atoms with Crippen LogP contribution in [0.2, 0.25) is 10.0 Å². The maximum atomic E-state index is 11.6. The minimum absolute atomic E-state index is 0.0539. The molecular weight excluding hydrogens is 307 g/mol. The number of nitrogens with one attached hydrogen (secondary N) is 1. The van der Waals surface area contributed by atoms with Gasteiger partial charge in [0.25, 0.3) is 0 Å². The van der Waals surface area contributed by atoms with Gasteiger partial charge in [0.15, 0.2) is 0 Å². The lowest BCUT2D eigenvalue weighted by molar-refractivity contribution is -0.121. The number of amides is 1. The van der Waals surface area contributed by atoms with Crippen molar-refractivity contribution in [3.8, 4) is 0 Å². The Morgan fingerprint density at radius 3 is 2.57 bits per heavy atom. The average Bonchev–Trinajstić information content (AvgIpc) is 2.46. The van der Waals surface area contributed by atoms with E-state index in [1.54, 1.807) is 24.4 Å². The van der Waals surface area contributed by atoms with Gasteiger partial charge in [-0.2, -0.15) is 5.10 Å². The van der Waals surface area contributed by atoms with Crippen molar-refractivity contribution in [3.05, 3.63) is 33.8 Å². The fourth-order valence-electron chi connectivity index (χ4n) is 1.89. The average molecular weight is 329 g/mol. The molecule has 0 aliphatic heterocycles. The molecule has 1 rings (SSSR count). The van der Waals surface area contributed by atoms with Gasteiger partial charge in [-0.25, -0.2) is 5.43 Å². The van der Waals surface area contributed by atoms with Crippen molar-refractivity contribution in [1.29, 1.82) is 0 Å². The number of benzene rings is 1. The maximum Gasteiger partial charge on any atom is 0.240 e. The molecule has 1 aromatic carbocycles. The van der Waals surface area contributed by atoms with Crippen LogP contribution in [0.4, 0.5) is 0 Å². The lowest BCUT2D eigenvalue weighted by Gasteiger charge is -2.01. The van der Waals surface area contributed by atoms with Crippen LogP contribution >= 0.6 is 23.2 Å². The predicted molar refractivity (Wildman–Crippen MR) is 90.2 cm³/mol. The molecule has 0 bridgehead atoms. The third-order valence-electron chi connectivity index (χ3n) is 3.10. The normalized spacial score (nSPS) is 11.0. The van der Waals surface area contributed by atoms with Crippen LogP contribution in [0.5, 0.6) is 0 Å². The summed E-state index contributed by atoms with van der Waals surface area (Å²) in [7, 11) is 0. The first-order chi connectivity index (χ1) is 10.1. The fraction of sp³-hybridized carbons (Fsp3) is 0.500. The Morgan fingerprint density at radius 1 is 1.14 bits per heavy atom. The first-order valence-corrected chi connectivity index (χ1v) is 8.16. The summed E-state index contributed by atoms with van der Waals surface area (Å²) in [6.45, 7) is 2.19. The van der Waals surface area contributed by atoms with Crippen LogP contribution < -0.4 is 5.43 Å². The topological polar surface area (TPSA) is 41.5 Å². The lowest BCUT2D eigenvalue weighted by Crippen LogP contribution is -2.16. The summed E-state index contributed by atoms with van der Waals surface area (Å²) in [5, 5.41) is 4.89. The van der Waals surface area contributed by atoms with Crippen molar-refractivity contribution in [2.45, 2.75) is 51.9 Å². The van der Waals surface area contributed by atoms with E-state index >= 15 is 0 Å². The number of hydrogen-bond donors (Lipinski definition) is 1. The predicted octanol–water partition coefficient (Wildman–Crippen LogP) is 5.19. The molecule has 0 saturated heterocycles. The highest BCUT2D eigenvalue weighted by Crippen LogP contribution is 2.21. The van der Waals surface area contributed by atoms with Gasteiger partial charge >= 0.3 is 0 Å². The van der Waals surface area contributed by atoms with Crippen LogP contribution in [-0.4, -0.2) is 12.1 Å². The largest absolute Gasteiger partial charge is 0.273 e. The van der Waals surface area contributed by atoms with Crippen molar-refractivity contribution >= 4 is 35.3 Å². The van der Waals surface area contributed by atoms with Gasteiger partial charge in [-0.1, -0.05) is 68.3 Å². The summed E-state index contributed by atoms with van der Waals surface area (Å²) in [6, 6.07) is 5.19. The molecule has 0 atom stereocenters. The van der Waals surface area contributed by atoms with Gasteiger partial charge in [0.1, 0.15) is 0 Å². The Morgan fingerprint density at radius 2 is 1.86 bits per heavy atom. The van der Waals surface area contributed by atoms with Gasteiger partial charge in [-0.05, 0) is 24.1 Å². The zero-order valence-corrected chi connectivity index (χ0v) is 13.9. The maximum absolute atomic E-state index is 11.6. The summed E-state index contributed by atoms with van der Waals surface area (Å²) >= 11 is 11.7. The molecule has 1 aromatic rings. The zero-order valence-electron chi connectivity index (χ0n) is 12.4. The molecule has 0 fully saturated rings. The third-order valence-corrected chi connectivity index (χ3v) is 3.84. The van der Waals surface area contributed by atoms with Crippen LogP contribution in [0, 0.1) is 0 Å². The summed E-state index contributed by atoms with van der Waals surface area (Å²) in [6.07, 6.45) is 9.07. The number of unbranched alkanes of at least 4 members (excludes halogenated alkanes) is 5. The van der Waals surface area contributed by atoms with Crippen LogP contribution in [0.15, 0.2) is 23.3 Å². The number of carbonyl (C=O) groups excluding carboxylic acids is 1. The number of carbonyl (C=O) groups is 1. The summed E-state index contributed by atoms with van der Waals surface area (Å²) < 4.78 is 0. The highest BCUT2D eigenvalue weighted by molar-refractivity contribution is 6.42. The highest BCUT2D eigenvalue weighted by Gasteiger charge is 2.00. The minimum atomic E-state index is -0.0539. The molecule has 1 N–H and O–H groups in total. The van der Waals surface area contributed by atoms with Gasteiger partial charge in [0.05, 0.1) is 16.3 Å².